The zero-order valence-corrected chi connectivity index (χ0v) is 22.0. The maximum Gasteiger partial charge on any atom is 0.254 e. The van der Waals surface area contributed by atoms with Crippen molar-refractivity contribution in [2.75, 3.05) is 16.4 Å². The minimum absolute atomic E-state index is 0.0786. The van der Waals surface area contributed by atoms with E-state index in [1.54, 1.807) is 24.3 Å². The molecule has 0 aliphatic carbocycles. The van der Waals surface area contributed by atoms with Crippen LogP contribution in [0.2, 0.25) is 5.02 Å². The molecule has 2 aromatic carbocycles. The zero-order chi connectivity index (χ0) is 25.7. The van der Waals surface area contributed by atoms with Gasteiger partial charge in [0.05, 0.1) is 28.3 Å². The van der Waals surface area contributed by atoms with Gasteiger partial charge >= 0.3 is 0 Å². The number of anilines is 2. The number of amides is 2. The Bertz CT molecular complexity index is 1410. The van der Waals surface area contributed by atoms with Crippen molar-refractivity contribution < 1.29 is 9.59 Å². The number of rotatable bonds is 7. The lowest BCUT2D eigenvalue weighted by Gasteiger charge is -2.29. The van der Waals surface area contributed by atoms with Gasteiger partial charge < -0.3 is 16.0 Å². The number of carbonyl (C=O) groups is 2. The van der Waals surface area contributed by atoms with Crippen molar-refractivity contribution in [3.63, 3.8) is 0 Å². The Balaban J connectivity index is 1.59. The van der Waals surface area contributed by atoms with Gasteiger partial charge in [0.25, 0.3) is 5.91 Å². The van der Waals surface area contributed by atoms with Gasteiger partial charge in [0.1, 0.15) is 0 Å². The molecule has 2 heterocycles. The lowest BCUT2D eigenvalue weighted by Crippen LogP contribution is -2.31. The smallest absolute Gasteiger partial charge is 0.254 e. The molecule has 0 bridgehead atoms. The van der Waals surface area contributed by atoms with Crippen molar-refractivity contribution in [3.05, 3.63) is 103 Å². The number of thiophene rings is 1. The number of hydrogen-bond acceptors (Lipinski definition) is 6. The number of dihydropyridines is 1. The summed E-state index contributed by atoms with van der Waals surface area (Å²) in [5.74, 6) is -0.969. The predicted octanol–water partition coefficient (Wildman–Crippen LogP) is 6.42. The van der Waals surface area contributed by atoms with E-state index < -0.39 is 5.92 Å². The third kappa shape index (κ3) is 5.82. The van der Waals surface area contributed by atoms with Gasteiger partial charge in [-0.15, -0.1) is 11.3 Å². The molecule has 1 atom stereocenters. The highest BCUT2D eigenvalue weighted by Crippen LogP contribution is 2.42. The maximum absolute atomic E-state index is 13.5. The standard InChI is InChI=1S/C27H23ClN4O2S2/c1-16-7-3-4-10-21(16)32-26(34)24-17(2)30-27(20(14-29)25(24)22-11-6-12-35-22)36-15-23(33)31-19-9-5-8-18(28)13-19/h3-13,25,30H,15H2,1-2H3,(H,31,33)(H,32,34)/t25-/m0/s1. The van der Waals surface area contributed by atoms with E-state index in [2.05, 4.69) is 22.0 Å². The van der Waals surface area contributed by atoms with Crippen molar-refractivity contribution in [2.24, 2.45) is 0 Å². The Morgan fingerprint density at radius 3 is 2.61 bits per heavy atom. The van der Waals surface area contributed by atoms with Crippen LogP contribution >= 0.6 is 34.7 Å². The molecule has 1 aliphatic heterocycles. The highest BCUT2D eigenvalue weighted by Gasteiger charge is 2.35. The number of benzene rings is 2. The van der Waals surface area contributed by atoms with E-state index in [0.29, 0.717) is 38.3 Å². The van der Waals surface area contributed by atoms with Gasteiger partial charge in [-0.1, -0.05) is 53.7 Å². The molecular weight excluding hydrogens is 512 g/mol. The van der Waals surface area contributed by atoms with Crippen LogP contribution in [-0.4, -0.2) is 17.6 Å². The molecule has 0 unspecified atom stereocenters. The number of carbonyl (C=O) groups excluding carboxylic acids is 2. The van der Waals surface area contributed by atoms with E-state index in [-0.39, 0.29) is 17.6 Å². The molecule has 0 radical (unpaired) electrons. The summed E-state index contributed by atoms with van der Waals surface area (Å²) in [4.78, 5) is 26.9. The first-order valence-corrected chi connectivity index (χ1v) is 13.3. The summed E-state index contributed by atoms with van der Waals surface area (Å²) in [6.07, 6.45) is 0. The second-order valence-electron chi connectivity index (χ2n) is 8.08. The summed E-state index contributed by atoms with van der Waals surface area (Å²) in [5, 5.41) is 22.2. The van der Waals surface area contributed by atoms with Crippen LogP contribution < -0.4 is 16.0 Å². The molecule has 0 fully saturated rings. The summed E-state index contributed by atoms with van der Waals surface area (Å²) >= 11 is 8.71. The minimum atomic E-state index is -0.543. The number of nitrogens with one attached hydrogen (secondary N) is 3. The van der Waals surface area contributed by atoms with E-state index in [4.69, 9.17) is 11.6 Å². The molecule has 2 amide bonds. The number of hydrogen-bond donors (Lipinski definition) is 3. The van der Waals surface area contributed by atoms with Crippen LogP contribution in [0.4, 0.5) is 11.4 Å². The molecule has 0 spiro atoms. The van der Waals surface area contributed by atoms with Crippen LogP contribution in [0.3, 0.4) is 0 Å². The summed E-state index contributed by atoms with van der Waals surface area (Å²) in [6, 6.07) is 20.6. The summed E-state index contributed by atoms with van der Waals surface area (Å²) in [7, 11) is 0. The Morgan fingerprint density at radius 1 is 1.11 bits per heavy atom. The average Bonchev–Trinajstić information content (AvgIpc) is 3.38. The molecule has 6 nitrogen and oxygen atoms in total. The molecule has 4 rings (SSSR count). The van der Waals surface area contributed by atoms with Crippen LogP contribution in [0, 0.1) is 18.3 Å². The topological polar surface area (TPSA) is 94.0 Å². The third-order valence-corrected chi connectivity index (χ3v) is 7.76. The van der Waals surface area contributed by atoms with Crippen molar-refractivity contribution in [3.8, 4) is 6.07 Å². The lowest BCUT2D eigenvalue weighted by atomic mass is 9.86. The molecule has 0 saturated heterocycles. The van der Waals surface area contributed by atoms with E-state index in [0.717, 1.165) is 10.4 Å². The number of allylic oxidation sites excluding steroid dienone is 2. The van der Waals surface area contributed by atoms with Gasteiger partial charge in [-0.25, -0.2) is 0 Å². The number of nitrogens with zero attached hydrogens (tertiary/aromatic N) is 1. The van der Waals surface area contributed by atoms with Gasteiger partial charge in [-0.3, -0.25) is 9.59 Å². The van der Waals surface area contributed by atoms with Crippen molar-refractivity contribution in [1.29, 1.82) is 5.26 Å². The second kappa shape index (κ2) is 11.5. The molecular formula is C27H23ClN4O2S2. The van der Waals surface area contributed by atoms with E-state index in [1.165, 1.54) is 23.1 Å². The van der Waals surface area contributed by atoms with Gasteiger partial charge in [0.2, 0.25) is 5.91 Å². The van der Waals surface area contributed by atoms with Crippen LogP contribution in [0.1, 0.15) is 23.3 Å². The molecule has 3 aromatic rings. The average molecular weight is 535 g/mol. The minimum Gasteiger partial charge on any atom is -0.353 e. The highest BCUT2D eigenvalue weighted by atomic mass is 35.5. The quantitative estimate of drug-likeness (QED) is 0.325. The van der Waals surface area contributed by atoms with Crippen LogP contribution in [-0.2, 0) is 9.59 Å². The molecule has 0 saturated carbocycles. The molecule has 1 aliphatic rings. The predicted molar refractivity (Wildman–Crippen MR) is 148 cm³/mol. The van der Waals surface area contributed by atoms with E-state index in [1.807, 2.05) is 55.6 Å². The Hall–Kier alpha value is -3.51. The molecule has 1 aromatic heterocycles. The van der Waals surface area contributed by atoms with Gasteiger partial charge in [0, 0.05) is 32.5 Å². The van der Waals surface area contributed by atoms with Gasteiger partial charge in [-0.05, 0) is 55.1 Å². The molecule has 36 heavy (non-hydrogen) atoms. The third-order valence-electron chi connectivity index (χ3n) is 5.57. The Kier molecular flexibility index (Phi) is 8.16. The fraction of sp³-hybridized carbons (Fsp3) is 0.148. The number of thioether (sulfide) groups is 1. The molecule has 9 heteroatoms. The number of nitriles is 1. The second-order valence-corrected chi connectivity index (χ2v) is 10.5. The van der Waals surface area contributed by atoms with E-state index >= 15 is 0 Å². The summed E-state index contributed by atoms with van der Waals surface area (Å²) in [6.45, 7) is 3.74. The van der Waals surface area contributed by atoms with Gasteiger partial charge in [0.15, 0.2) is 0 Å². The molecule has 3 N–H and O–H groups in total. The number of halogens is 1. The van der Waals surface area contributed by atoms with Crippen molar-refractivity contribution in [2.45, 2.75) is 19.8 Å². The van der Waals surface area contributed by atoms with Gasteiger partial charge in [-0.2, -0.15) is 5.26 Å². The van der Waals surface area contributed by atoms with Crippen LogP contribution in [0.15, 0.2) is 87.9 Å². The van der Waals surface area contributed by atoms with Crippen molar-refractivity contribution in [1.82, 2.24) is 5.32 Å². The molecule has 182 valence electrons. The van der Waals surface area contributed by atoms with Crippen molar-refractivity contribution >= 4 is 57.9 Å². The first-order valence-electron chi connectivity index (χ1n) is 11.1. The number of para-hydroxylation sites is 1. The normalized spacial score (nSPS) is 15.2. The largest absolute Gasteiger partial charge is 0.353 e. The SMILES string of the molecule is CC1=C(C(=O)Nc2ccccc2C)[C@H](c2cccs2)C(C#N)=C(SCC(=O)Nc2cccc(Cl)c2)N1. The first kappa shape index (κ1) is 25.6. The van der Waals surface area contributed by atoms with Crippen LogP contribution in [0.5, 0.6) is 0 Å². The summed E-state index contributed by atoms with van der Waals surface area (Å²) < 4.78 is 0. The fourth-order valence-electron chi connectivity index (χ4n) is 3.87. The fourth-order valence-corrected chi connectivity index (χ4v) is 5.80. The lowest BCUT2D eigenvalue weighted by molar-refractivity contribution is -0.114. The van der Waals surface area contributed by atoms with E-state index in [9.17, 15) is 14.9 Å². The number of aryl methyl sites for hydroxylation is 1. The highest BCUT2D eigenvalue weighted by molar-refractivity contribution is 8.03. The Labute approximate surface area is 223 Å². The Morgan fingerprint density at radius 2 is 1.92 bits per heavy atom. The monoisotopic (exact) mass is 534 g/mol. The zero-order valence-electron chi connectivity index (χ0n) is 19.6. The maximum atomic E-state index is 13.5. The summed E-state index contributed by atoms with van der Waals surface area (Å²) in [5.41, 5.74) is 3.77. The van der Waals surface area contributed by atoms with Crippen LogP contribution in [0.25, 0.3) is 0 Å². The first-order chi connectivity index (χ1) is 17.4.